The summed E-state index contributed by atoms with van der Waals surface area (Å²) >= 11 is 0. The molecule has 0 bridgehead atoms. The van der Waals surface area contributed by atoms with Crippen LogP contribution in [0.3, 0.4) is 0 Å². The number of amides is 2. The van der Waals surface area contributed by atoms with Crippen LogP contribution in [0.1, 0.15) is 61.3 Å². The SMILES string of the molecule is COC(=O)C(CCC(C)=O)N(NC(=O)OC(C)(C)C)C(=O)OC(C)(C)C. The van der Waals surface area contributed by atoms with E-state index in [-0.39, 0.29) is 18.6 Å². The van der Waals surface area contributed by atoms with E-state index >= 15 is 0 Å². The standard InChI is InChI=1S/C17H30N2O7/c1-11(20)9-10-12(13(21)24-8)19(15(23)26-17(5,6)7)18-14(22)25-16(2,3)4/h12H,9-10H2,1-8H3,(H,18,22). The van der Waals surface area contributed by atoms with Crippen LogP contribution in [0, 0.1) is 0 Å². The Balaban J connectivity index is 5.60. The van der Waals surface area contributed by atoms with E-state index in [4.69, 9.17) is 14.2 Å². The van der Waals surface area contributed by atoms with Crippen molar-refractivity contribution in [2.24, 2.45) is 0 Å². The van der Waals surface area contributed by atoms with Gasteiger partial charge in [-0.3, -0.25) is 0 Å². The molecule has 0 saturated carbocycles. The minimum absolute atomic E-state index is 0.00899. The maximum Gasteiger partial charge on any atom is 0.430 e. The second kappa shape index (κ2) is 9.40. The predicted molar refractivity (Wildman–Crippen MR) is 93.2 cm³/mol. The molecule has 1 unspecified atom stereocenters. The molecule has 0 fully saturated rings. The van der Waals surface area contributed by atoms with Crippen molar-refractivity contribution in [1.82, 2.24) is 10.4 Å². The maximum absolute atomic E-state index is 12.5. The number of rotatable bonds is 5. The molecule has 0 spiro atoms. The lowest BCUT2D eigenvalue weighted by molar-refractivity contribution is -0.148. The highest BCUT2D eigenvalue weighted by Crippen LogP contribution is 2.15. The summed E-state index contributed by atoms with van der Waals surface area (Å²) < 4.78 is 15.1. The summed E-state index contributed by atoms with van der Waals surface area (Å²) in [6, 6.07) is -1.24. The highest BCUT2D eigenvalue weighted by atomic mass is 16.6. The number of hydrogen-bond donors (Lipinski definition) is 1. The lowest BCUT2D eigenvalue weighted by atomic mass is 10.1. The van der Waals surface area contributed by atoms with Gasteiger partial charge in [-0.1, -0.05) is 0 Å². The fourth-order valence-corrected chi connectivity index (χ4v) is 1.79. The fraction of sp³-hybridized carbons (Fsp3) is 0.765. The van der Waals surface area contributed by atoms with Gasteiger partial charge in [-0.05, 0) is 54.9 Å². The summed E-state index contributed by atoms with van der Waals surface area (Å²) in [4.78, 5) is 48.0. The molecule has 0 saturated heterocycles. The van der Waals surface area contributed by atoms with Crippen LogP contribution in [0.15, 0.2) is 0 Å². The minimum atomic E-state index is -1.24. The molecule has 0 aromatic carbocycles. The number of nitrogens with one attached hydrogen (secondary N) is 1. The van der Waals surface area contributed by atoms with Gasteiger partial charge in [0, 0.05) is 6.42 Å². The van der Waals surface area contributed by atoms with E-state index in [9.17, 15) is 19.2 Å². The molecule has 9 nitrogen and oxygen atoms in total. The van der Waals surface area contributed by atoms with E-state index in [2.05, 4.69) is 5.43 Å². The molecule has 0 radical (unpaired) electrons. The van der Waals surface area contributed by atoms with Gasteiger partial charge >= 0.3 is 18.2 Å². The van der Waals surface area contributed by atoms with Gasteiger partial charge in [0.05, 0.1) is 7.11 Å². The molecule has 0 aliphatic carbocycles. The van der Waals surface area contributed by atoms with Gasteiger partial charge in [-0.2, -0.15) is 0 Å². The molecule has 0 aromatic heterocycles. The van der Waals surface area contributed by atoms with Crippen LogP contribution in [0.4, 0.5) is 9.59 Å². The number of esters is 1. The first-order chi connectivity index (χ1) is 11.7. The zero-order valence-corrected chi connectivity index (χ0v) is 16.8. The van der Waals surface area contributed by atoms with Crippen molar-refractivity contribution in [2.75, 3.05) is 7.11 Å². The summed E-state index contributed by atoms with van der Waals surface area (Å²) in [5.41, 5.74) is 0.536. The highest BCUT2D eigenvalue weighted by molar-refractivity contribution is 5.84. The lowest BCUT2D eigenvalue weighted by Gasteiger charge is -2.32. The molecule has 0 rings (SSSR count). The maximum atomic E-state index is 12.5. The fourth-order valence-electron chi connectivity index (χ4n) is 1.79. The summed E-state index contributed by atoms with van der Waals surface area (Å²) in [7, 11) is 1.14. The number of carbonyl (C=O) groups excluding carboxylic acids is 4. The Bertz CT molecular complexity index is 532. The normalized spacial score (nSPS) is 12.6. The number of methoxy groups -OCH3 is 1. The first-order valence-corrected chi connectivity index (χ1v) is 8.25. The predicted octanol–water partition coefficient (Wildman–Crippen LogP) is 2.57. The molecule has 0 heterocycles. The Kier molecular flexibility index (Phi) is 8.56. The number of ether oxygens (including phenoxy) is 3. The van der Waals surface area contributed by atoms with Gasteiger partial charge in [0.15, 0.2) is 6.04 Å². The van der Waals surface area contributed by atoms with Crippen molar-refractivity contribution in [3.63, 3.8) is 0 Å². The Labute approximate surface area is 154 Å². The number of carbonyl (C=O) groups is 4. The second-order valence-electron chi connectivity index (χ2n) is 7.74. The zero-order valence-electron chi connectivity index (χ0n) is 16.8. The van der Waals surface area contributed by atoms with E-state index in [1.54, 1.807) is 41.5 Å². The average molecular weight is 374 g/mol. The molecule has 9 heteroatoms. The van der Waals surface area contributed by atoms with E-state index in [1.807, 2.05) is 0 Å². The van der Waals surface area contributed by atoms with Gasteiger partial charge in [0.2, 0.25) is 0 Å². The van der Waals surface area contributed by atoms with Gasteiger partial charge in [0.25, 0.3) is 0 Å². The molecule has 0 aliphatic heterocycles. The molecular weight excluding hydrogens is 344 g/mol. The van der Waals surface area contributed by atoms with Crippen molar-refractivity contribution in [3.8, 4) is 0 Å². The molecule has 1 atom stereocenters. The number of hydrogen-bond acceptors (Lipinski definition) is 7. The number of nitrogens with zero attached hydrogens (tertiary/aromatic N) is 1. The van der Waals surface area contributed by atoms with Crippen LogP contribution in [0.2, 0.25) is 0 Å². The third-order valence-corrected chi connectivity index (χ3v) is 2.76. The molecule has 0 aliphatic rings. The molecule has 150 valence electrons. The first-order valence-electron chi connectivity index (χ1n) is 8.25. The van der Waals surface area contributed by atoms with Crippen LogP contribution < -0.4 is 5.43 Å². The van der Waals surface area contributed by atoms with Crippen LogP contribution in [0.5, 0.6) is 0 Å². The van der Waals surface area contributed by atoms with E-state index in [1.165, 1.54) is 6.92 Å². The van der Waals surface area contributed by atoms with Crippen LogP contribution in [-0.4, -0.2) is 53.3 Å². The summed E-state index contributed by atoms with van der Waals surface area (Å²) in [5.74, 6) is -0.978. The van der Waals surface area contributed by atoms with Gasteiger partial charge in [-0.25, -0.2) is 24.8 Å². The third kappa shape index (κ3) is 9.85. The zero-order chi connectivity index (χ0) is 20.7. The van der Waals surface area contributed by atoms with Gasteiger partial charge in [-0.15, -0.1) is 0 Å². The smallest absolute Gasteiger partial charge is 0.430 e. The van der Waals surface area contributed by atoms with Crippen molar-refractivity contribution in [3.05, 3.63) is 0 Å². The number of Topliss-reactive ketones (excluding diaryl/α,β-unsaturated/α-hetero) is 1. The van der Waals surface area contributed by atoms with Crippen LogP contribution in [-0.2, 0) is 23.8 Å². The highest BCUT2D eigenvalue weighted by Gasteiger charge is 2.36. The molecule has 26 heavy (non-hydrogen) atoms. The molecular formula is C17H30N2O7. The minimum Gasteiger partial charge on any atom is -0.467 e. The van der Waals surface area contributed by atoms with Crippen LogP contribution in [0.25, 0.3) is 0 Å². The van der Waals surface area contributed by atoms with E-state index in [0.717, 1.165) is 7.11 Å². The number of ketones is 1. The first kappa shape index (κ1) is 23.7. The average Bonchev–Trinajstić information content (AvgIpc) is 2.41. The quantitative estimate of drug-likeness (QED) is 0.447. The molecule has 0 aromatic rings. The molecule has 1 N–H and O–H groups in total. The van der Waals surface area contributed by atoms with Crippen molar-refractivity contribution >= 4 is 23.9 Å². The lowest BCUT2D eigenvalue weighted by Crippen LogP contribution is -2.57. The largest absolute Gasteiger partial charge is 0.467 e. The van der Waals surface area contributed by atoms with Gasteiger partial charge in [0.1, 0.15) is 17.0 Å². The van der Waals surface area contributed by atoms with Gasteiger partial charge < -0.3 is 19.0 Å². The van der Waals surface area contributed by atoms with Crippen molar-refractivity contribution in [1.29, 1.82) is 0 Å². The Morgan fingerprint density at radius 2 is 1.46 bits per heavy atom. The van der Waals surface area contributed by atoms with E-state index < -0.39 is 35.4 Å². The van der Waals surface area contributed by atoms with Crippen molar-refractivity contribution < 1.29 is 33.4 Å². The Morgan fingerprint density at radius 3 is 1.85 bits per heavy atom. The van der Waals surface area contributed by atoms with E-state index in [0.29, 0.717) is 5.01 Å². The topological polar surface area (TPSA) is 111 Å². The second-order valence-corrected chi connectivity index (χ2v) is 7.74. The Hall–Kier alpha value is -2.32. The Morgan fingerprint density at radius 1 is 0.962 bits per heavy atom. The van der Waals surface area contributed by atoms with Crippen molar-refractivity contribution in [2.45, 2.75) is 78.6 Å². The molecule has 2 amide bonds. The summed E-state index contributed by atoms with van der Waals surface area (Å²) in [6.07, 6.45) is -1.95. The summed E-state index contributed by atoms with van der Waals surface area (Å²) in [6.45, 7) is 11.2. The third-order valence-electron chi connectivity index (χ3n) is 2.76. The summed E-state index contributed by atoms with van der Waals surface area (Å²) in [5, 5.41) is 0.702. The monoisotopic (exact) mass is 374 g/mol. The van der Waals surface area contributed by atoms with Crippen LogP contribution >= 0.6 is 0 Å². The number of hydrazine groups is 1.